The van der Waals surface area contributed by atoms with Crippen LogP contribution in [-0.2, 0) is 4.79 Å². The molecule has 0 aliphatic rings. The zero-order valence-corrected chi connectivity index (χ0v) is 18.1. The van der Waals surface area contributed by atoms with Crippen molar-refractivity contribution in [3.63, 3.8) is 0 Å². The summed E-state index contributed by atoms with van der Waals surface area (Å²) in [5, 5.41) is 7.12. The number of imidazole rings is 1. The lowest BCUT2D eigenvalue weighted by atomic mass is 10.1. The number of hydrogen-bond donors (Lipinski definition) is 1. The van der Waals surface area contributed by atoms with Crippen LogP contribution in [-0.4, -0.2) is 31.6 Å². The maximum Gasteiger partial charge on any atom is 0.490 e. The monoisotopic (exact) mass is 477 g/mol. The van der Waals surface area contributed by atoms with Crippen LogP contribution in [0.5, 0.6) is 11.5 Å². The Morgan fingerprint density at radius 2 is 1.46 bits per heavy atom. The first-order chi connectivity index (χ1) is 16.8. The second-order valence-corrected chi connectivity index (χ2v) is 7.27. The van der Waals surface area contributed by atoms with Crippen LogP contribution in [0.1, 0.15) is 0 Å². The summed E-state index contributed by atoms with van der Waals surface area (Å²) in [6, 6.07) is 26.1. The molecule has 2 aromatic carbocycles. The summed E-state index contributed by atoms with van der Waals surface area (Å²) in [5.41, 5.74) is 5.30. The summed E-state index contributed by atoms with van der Waals surface area (Å²) < 4.78 is 39.7. The third-order valence-electron chi connectivity index (χ3n) is 4.90. The molecule has 0 spiro atoms. The quantitative estimate of drug-likeness (QED) is 0.320. The molecule has 0 fully saturated rings. The minimum absolute atomic E-state index is 0.816. The van der Waals surface area contributed by atoms with E-state index in [9.17, 15) is 13.2 Å². The van der Waals surface area contributed by atoms with Gasteiger partial charge in [-0.05, 0) is 59.7 Å². The van der Waals surface area contributed by atoms with Crippen LogP contribution in [0.25, 0.3) is 28.0 Å². The zero-order valence-electron chi connectivity index (χ0n) is 18.1. The van der Waals surface area contributed by atoms with E-state index in [-0.39, 0.29) is 0 Å². The minimum atomic E-state index is -5.08. The normalized spacial score (nSPS) is 10.9. The smallest absolute Gasteiger partial charge is 0.475 e. The fraction of sp³-hybridized carbons (Fsp3) is 0.0385. The van der Waals surface area contributed by atoms with Crippen LogP contribution >= 0.6 is 0 Å². The third-order valence-corrected chi connectivity index (χ3v) is 4.90. The number of para-hydroxylation sites is 1. The van der Waals surface area contributed by atoms with Gasteiger partial charge in [0, 0.05) is 24.2 Å². The number of carboxylic acid groups (broad SMARTS) is 1. The van der Waals surface area contributed by atoms with Crippen molar-refractivity contribution >= 4 is 11.6 Å². The zero-order chi connectivity index (χ0) is 24.8. The Morgan fingerprint density at radius 1 is 0.829 bits per heavy atom. The van der Waals surface area contributed by atoms with E-state index in [0.717, 1.165) is 39.5 Å². The van der Waals surface area contributed by atoms with Gasteiger partial charge in [0.05, 0.1) is 11.9 Å². The topological polar surface area (TPSA) is 76.7 Å². The highest BCUT2D eigenvalue weighted by atomic mass is 19.4. The van der Waals surface area contributed by atoms with Gasteiger partial charge in [-0.15, -0.1) is 0 Å². The molecule has 0 radical (unpaired) electrons. The van der Waals surface area contributed by atoms with Crippen molar-refractivity contribution < 1.29 is 27.8 Å². The molecule has 0 amide bonds. The molecule has 0 bridgehead atoms. The minimum Gasteiger partial charge on any atom is -0.475 e. The number of alkyl halides is 3. The molecule has 0 aliphatic carbocycles. The molecule has 35 heavy (non-hydrogen) atoms. The van der Waals surface area contributed by atoms with Crippen LogP contribution in [0.2, 0.25) is 0 Å². The van der Waals surface area contributed by atoms with E-state index in [1.807, 2.05) is 60.8 Å². The lowest BCUT2D eigenvalue weighted by Gasteiger charge is -2.08. The molecule has 0 unspecified atom stereocenters. The van der Waals surface area contributed by atoms with Crippen molar-refractivity contribution in [2.45, 2.75) is 6.18 Å². The number of aromatic nitrogens is 3. The SMILES string of the molecule is O=C(O)C(F)(F)F.c1ccc(Oc2ccc(-c3ccn4c(-c5ccncc5)cnc4c3)cc2)cc1. The summed E-state index contributed by atoms with van der Waals surface area (Å²) in [6.45, 7) is 0. The third kappa shape index (κ3) is 5.83. The number of benzene rings is 2. The van der Waals surface area contributed by atoms with E-state index in [2.05, 4.69) is 44.8 Å². The number of carbonyl (C=O) groups is 1. The van der Waals surface area contributed by atoms with E-state index in [0.29, 0.717) is 0 Å². The van der Waals surface area contributed by atoms with E-state index in [1.165, 1.54) is 0 Å². The first kappa shape index (κ1) is 23.5. The van der Waals surface area contributed by atoms with Gasteiger partial charge in [0.25, 0.3) is 0 Å². The Kier molecular flexibility index (Phi) is 6.77. The molecule has 0 aliphatic heterocycles. The number of pyridine rings is 2. The molecule has 6 nitrogen and oxygen atoms in total. The second kappa shape index (κ2) is 10.1. The first-order valence-electron chi connectivity index (χ1n) is 10.3. The number of carboxylic acids is 1. The number of rotatable bonds is 4. The summed E-state index contributed by atoms with van der Waals surface area (Å²) >= 11 is 0. The van der Waals surface area contributed by atoms with Gasteiger partial charge in [-0.1, -0.05) is 30.3 Å². The van der Waals surface area contributed by atoms with Crippen molar-refractivity contribution in [2.75, 3.05) is 0 Å². The Bertz CT molecular complexity index is 1420. The molecular weight excluding hydrogens is 459 g/mol. The number of halogens is 3. The number of aliphatic carboxylic acids is 1. The predicted octanol–water partition coefficient (Wildman–Crippen LogP) is 6.49. The molecule has 5 rings (SSSR count). The van der Waals surface area contributed by atoms with Gasteiger partial charge in [0.1, 0.15) is 17.1 Å². The van der Waals surface area contributed by atoms with Crippen LogP contribution < -0.4 is 4.74 Å². The fourth-order valence-corrected chi connectivity index (χ4v) is 3.24. The van der Waals surface area contributed by atoms with E-state index >= 15 is 0 Å². The standard InChI is InChI=1S/C24H17N3O.C2HF3O2/c1-2-4-21(5-3-1)28-22-8-6-18(7-9-22)20-12-15-27-23(17-26-24(27)16-20)19-10-13-25-14-11-19;3-2(4,5)1(6)7/h1-17H;(H,6,7). The van der Waals surface area contributed by atoms with Crippen LogP contribution in [0.15, 0.2) is 104 Å². The molecule has 3 aromatic heterocycles. The van der Waals surface area contributed by atoms with Crippen molar-refractivity contribution in [1.82, 2.24) is 14.4 Å². The van der Waals surface area contributed by atoms with Crippen LogP contribution in [0.4, 0.5) is 13.2 Å². The molecule has 5 aromatic rings. The van der Waals surface area contributed by atoms with Gasteiger partial charge in [-0.2, -0.15) is 13.2 Å². The van der Waals surface area contributed by atoms with Gasteiger partial charge in [-0.25, -0.2) is 9.78 Å². The Hall–Kier alpha value is -4.66. The highest BCUT2D eigenvalue weighted by Gasteiger charge is 2.38. The van der Waals surface area contributed by atoms with Crippen molar-refractivity contribution in [2.24, 2.45) is 0 Å². The Balaban J connectivity index is 0.000000364. The van der Waals surface area contributed by atoms with Gasteiger partial charge in [0.2, 0.25) is 0 Å². The van der Waals surface area contributed by atoms with Crippen LogP contribution in [0.3, 0.4) is 0 Å². The number of hydrogen-bond acceptors (Lipinski definition) is 4. The summed E-state index contributed by atoms with van der Waals surface area (Å²) in [6.07, 6.45) is 2.46. The second-order valence-electron chi connectivity index (χ2n) is 7.27. The fourth-order valence-electron chi connectivity index (χ4n) is 3.24. The molecular formula is C26H18F3N3O3. The number of ether oxygens (including phenoxy) is 1. The average molecular weight is 477 g/mol. The predicted molar refractivity (Wildman–Crippen MR) is 124 cm³/mol. The Labute approximate surface area is 197 Å². The molecule has 3 heterocycles. The maximum absolute atomic E-state index is 10.6. The first-order valence-corrected chi connectivity index (χ1v) is 10.3. The van der Waals surface area contributed by atoms with Crippen LogP contribution in [0, 0.1) is 0 Å². The summed E-state index contributed by atoms with van der Waals surface area (Å²) in [4.78, 5) is 17.6. The summed E-state index contributed by atoms with van der Waals surface area (Å²) in [5.74, 6) is -1.11. The molecule has 1 N–H and O–H groups in total. The summed E-state index contributed by atoms with van der Waals surface area (Å²) in [7, 11) is 0. The van der Waals surface area contributed by atoms with E-state index < -0.39 is 12.1 Å². The van der Waals surface area contributed by atoms with E-state index in [4.69, 9.17) is 14.6 Å². The molecule has 0 atom stereocenters. The van der Waals surface area contributed by atoms with Gasteiger partial charge >= 0.3 is 12.1 Å². The van der Waals surface area contributed by atoms with Gasteiger partial charge < -0.3 is 9.84 Å². The van der Waals surface area contributed by atoms with Crippen molar-refractivity contribution in [1.29, 1.82) is 0 Å². The largest absolute Gasteiger partial charge is 0.490 e. The van der Waals surface area contributed by atoms with Gasteiger partial charge in [0.15, 0.2) is 0 Å². The lowest BCUT2D eigenvalue weighted by Crippen LogP contribution is -2.21. The molecule has 9 heteroatoms. The van der Waals surface area contributed by atoms with E-state index in [1.54, 1.807) is 12.4 Å². The molecule has 0 saturated heterocycles. The maximum atomic E-state index is 10.6. The number of nitrogens with zero attached hydrogens (tertiary/aromatic N) is 3. The Morgan fingerprint density at radius 3 is 2.09 bits per heavy atom. The van der Waals surface area contributed by atoms with Crippen molar-refractivity contribution in [3.05, 3.63) is 104 Å². The molecule has 176 valence electrons. The highest BCUT2D eigenvalue weighted by molar-refractivity contribution is 5.73. The highest BCUT2D eigenvalue weighted by Crippen LogP contribution is 2.28. The number of fused-ring (bicyclic) bond motifs is 1. The molecule has 0 saturated carbocycles. The lowest BCUT2D eigenvalue weighted by molar-refractivity contribution is -0.192. The van der Waals surface area contributed by atoms with Crippen molar-refractivity contribution in [3.8, 4) is 33.9 Å². The average Bonchev–Trinajstić information content (AvgIpc) is 3.29. The van der Waals surface area contributed by atoms with Gasteiger partial charge in [-0.3, -0.25) is 9.38 Å².